The van der Waals surface area contributed by atoms with E-state index in [1.54, 1.807) is 7.11 Å². The predicted octanol–water partition coefficient (Wildman–Crippen LogP) is 5.87. The lowest BCUT2D eigenvalue weighted by Crippen LogP contribution is -2.58. The van der Waals surface area contributed by atoms with Crippen LogP contribution in [-0.2, 0) is 16.8 Å². The lowest BCUT2D eigenvalue weighted by molar-refractivity contribution is -0.118. The summed E-state index contributed by atoms with van der Waals surface area (Å²) in [5.41, 5.74) is 4.58. The van der Waals surface area contributed by atoms with Crippen molar-refractivity contribution in [3.8, 4) is 11.5 Å². The van der Waals surface area contributed by atoms with Crippen LogP contribution in [0.1, 0.15) is 36.1 Å². The number of carbonyl (C=O) groups is 1. The molecule has 0 saturated carbocycles. The van der Waals surface area contributed by atoms with Crippen LogP contribution in [-0.4, -0.2) is 25.2 Å². The van der Waals surface area contributed by atoms with Gasteiger partial charge in [0, 0.05) is 16.1 Å². The molecule has 1 fully saturated rings. The number of hydrogen-bond acceptors (Lipinski definition) is 4. The molecule has 6 heteroatoms. The SMILES string of the molecule is COc1cc(/C=C/[C@@]23NC(=O)CN2c2ccc(C)cc2C3(C)C)ccc1OCc1ccc(Cl)cc1. The van der Waals surface area contributed by atoms with Crippen LogP contribution in [0.3, 0.4) is 0 Å². The second kappa shape index (κ2) is 8.65. The smallest absolute Gasteiger partial charge is 0.241 e. The number of benzene rings is 3. The van der Waals surface area contributed by atoms with Gasteiger partial charge in [-0.05, 0) is 60.0 Å². The van der Waals surface area contributed by atoms with Crippen LogP contribution in [0.5, 0.6) is 11.5 Å². The molecule has 5 rings (SSSR count). The molecule has 1 N–H and O–H groups in total. The van der Waals surface area contributed by atoms with Crippen LogP contribution in [0.15, 0.2) is 66.7 Å². The normalized spacial score (nSPS) is 20.0. The van der Waals surface area contributed by atoms with E-state index in [0.29, 0.717) is 29.7 Å². The van der Waals surface area contributed by atoms with E-state index in [9.17, 15) is 4.79 Å². The summed E-state index contributed by atoms with van der Waals surface area (Å²) >= 11 is 5.97. The van der Waals surface area contributed by atoms with E-state index < -0.39 is 5.66 Å². The van der Waals surface area contributed by atoms with Gasteiger partial charge >= 0.3 is 0 Å². The Kier molecular flexibility index (Phi) is 5.76. The summed E-state index contributed by atoms with van der Waals surface area (Å²) in [5.74, 6) is 1.34. The number of anilines is 1. The molecule has 0 aliphatic carbocycles. The Morgan fingerprint density at radius 1 is 1.06 bits per heavy atom. The molecule has 1 saturated heterocycles. The molecule has 35 heavy (non-hydrogen) atoms. The maximum absolute atomic E-state index is 12.6. The van der Waals surface area contributed by atoms with Gasteiger partial charge in [0.25, 0.3) is 0 Å². The zero-order chi connectivity index (χ0) is 24.8. The molecular formula is C29H29ClN2O3. The van der Waals surface area contributed by atoms with Crippen LogP contribution in [0.25, 0.3) is 6.08 Å². The van der Waals surface area contributed by atoms with Crippen molar-refractivity contribution in [1.29, 1.82) is 0 Å². The van der Waals surface area contributed by atoms with Crippen LogP contribution >= 0.6 is 11.6 Å². The second-order valence-corrected chi connectivity index (χ2v) is 10.1. The van der Waals surface area contributed by atoms with Gasteiger partial charge in [0.1, 0.15) is 12.3 Å². The van der Waals surface area contributed by atoms with E-state index in [4.69, 9.17) is 21.1 Å². The third-order valence-corrected chi connectivity index (χ3v) is 7.39. The molecule has 0 radical (unpaired) electrons. The maximum atomic E-state index is 12.6. The van der Waals surface area contributed by atoms with Gasteiger partial charge in [-0.15, -0.1) is 0 Å². The minimum Gasteiger partial charge on any atom is -0.493 e. The fourth-order valence-electron chi connectivity index (χ4n) is 5.15. The highest BCUT2D eigenvalue weighted by Crippen LogP contribution is 2.53. The van der Waals surface area contributed by atoms with Crippen molar-refractivity contribution in [3.63, 3.8) is 0 Å². The molecule has 180 valence electrons. The fraction of sp³-hybridized carbons (Fsp3) is 0.276. The van der Waals surface area contributed by atoms with E-state index in [-0.39, 0.29) is 11.3 Å². The highest BCUT2D eigenvalue weighted by Gasteiger charge is 2.59. The summed E-state index contributed by atoms with van der Waals surface area (Å²) < 4.78 is 11.6. The third kappa shape index (κ3) is 3.94. The van der Waals surface area contributed by atoms with Gasteiger partial charge in [-0.25, -0.2) is 0 Å². The summed E-state index contributed by atoms with van der Waals surface area (Å²) in [6.07, 6.45) is 4.15. The first-order valence-electron chi connectivity index (χ1n) is 11.7. The lowest BCUT2D eigenvalue weighted by Gasteiger charge is -2.40. The topological polar surface area (TPSA) is 50.8 Å². The number of ether oxygens (including phenoxy) is 2. The Labute approximate surface area is 211 Å². The summed E-state index contributed by atoms with van der Waals surface area (Å²) in [5, 5.41) is 3.97. The van der Waals surface area contributed by atoms with Gasteiger partial charge in [0.15, 0.2) is 11.5 Å². The van der Waals surface area contributed by atoms with Crippen molar-refractivity contribution in [1.82, 2.24) is 5.32 Å². The van der Waals surface area contributed by atoms with Crippen molar-refractivity contribution < 1.29 is 14.3 Å². The summed E-state index contributed by atoms with van der Waals surface area (Å²) in [7, 11) is 1.63. The molecule has 0 aromatic heterocycles. The number of halogens is 1. The lowest BCUT2D eigenvalue weighted by atomic mass is 9.75. The minimum atomic E-state index is -0.642. The molecular weight excluding hydrogens is 460 g/mol. The molecule has 5 nitrogen and oxygen atoms in total. The maximum Gasteiger partial charge on any atom is 0.241 e. The number of rotatable bonds is 6. The van der Waals surface area contributed by atoms with Gasteiger partial charge in [0.2, 0.25) is 5.91 Å². The monoisotopic (exact) mass is 488 g/mol. The van der Waals surface area contributed by atoms with Crippen LogP contribution in [0.4, 0.5) is 5.69 Å². The quantitative estimate of drug-likeness (QED) is 0.471. The van der Waals surface area contributed by atoms with Gasteiger partial charge in [-0.2, -0.15) is 0 Å². The van der Waals surface area contributed by atoms with Gasteiger partial charge in [-0.3, -0.25) is 4.79 Å². The number of aryl methyl sites for hydroxylation is 1. The molecule has 1 atom stereocenters. The number of amides is 1. The Bertz CT molecular complexity index is 1320. The fourth-order valence-corrected chi connectivity index (χ4v) is 5.28. The largest absolute Gasteiger partial charge is 0.493 e. The molecule has 2 aliphatic rings. The van der Waals surface area contributed by atoms with Crippen molar-refractivity contribution >= 4 is 29.3 Å². The van der Waals surface area contributed by atoms with Gasteiger partial charge in [0.05, 0.1) is 13.7 Å². The van der Waals surface area contributed by atoms with Crippen LogP contribution < -0.4 is 19.7 Å². The van der Waals surface area contributed by atoms with Crippen molar-refractivity contribution in [2.24, 2.45) is 0 Å². The Morgan fingerprint density at radius 2 is 1.83 bits per heavy atom. The minimum absolute atomic E-state index is 0.0254. The molecule has 0 unspecified atom stereocenters. The first-order valence-corrected chi connectivity index (χ1v) is 12.1. The molecule has 2 aliphatic heterocycles. The average Bonchev–Trinajstić information content (AvgIpc) is 3.27. The number of nitrogens with zero attached hydrogens (tertiary/aromatic N) is 1. The Morgan fingerprint density at radius 3 is 2.57 bits per heavy atom. The highest BCUT2D eigenvalue weighted by atomic mass is 35.5. The molecule has 0 bridgehead atoms. The van der Waals surface area contributed by atoms with Crippen molar-refractivity contribution in [2.75, 3.05) is 18.6 Å². The van der Waals surface area contributed by atoms with E-state index in [1.807, 2.05) is 48.5 Å². The van der Waals surface area contributed by atoms with E-state index in [0.717, 1.165) is 16.8 Å². The Hall–Kier alpha value is -3.44. The number of methoxy groups -OCH3 is 1. The van der Waals surface area contributed by atoms with Gasteiger partial charge < -0.3 is 19.7 Å². The average molecular weight is 489 g/mol. The van der Waals surface area contributed by atoms with Gasteiger partial charge in [-0.1, -0.05) is 67.4 Å². The zero-order valence-corrected chi connectivity index (χ0v) is 21.1. The highest BCUT2D eigenvalue weighted by molar-refractivity contribution is 6.30. The molecule has 3 aromatic carbocycles. The third-order valence-electron chi connectivity index (χ3n) is 7.14. The zero-order valence-electron chi connectivity index (χ0n) is 20.4. The van der Waals surface area contributed by atoms with Crippen LogP contribution in [0.2, 0.25) is 5.02 Å². The molecule has 3 aromatic rings. The van der Waals surface area contributed by atoms with E-state index in [2.05, 4.69) is 55.3 Å². The van der Waals surface area contributed by atoms with Crippen molar-refractivity contribution in [3.05, 3.63) is 94.0 Å². The van der Waals surface area contributed by atoms with E-state index >= 15 is 0 Å². The number of hydrogen-bond donors (Lipinski definition) is 1. The Balaban J connectivity index is 1.42. The molecule has 0 spiro atoms. The first-order chi connectivity index (χ1) is 16.7. The number of nitrogens with one attached hydrogen (secondary N) is 1. The molecule has 2 heterocycles. The van der Waals surface area contributed by atoms with E-state index in [1.165, 1.54) is 11.1 Å². The summed E-state index contributed by atoms with van der Waals surface area (Å²) in [4.78, 5) is 14.7. The number of fused-ring (bicyclic) bond motifs is 3. The number of carbonyl (C=O) groups excluding carboxylic acids is 1. The second-order valence-electron chi connectivity index (χ2n) is 9.71. The van der Waals surface area contributed by atoms with Crippen molar-refractivity contribution in [2.45, 2.75) is 38.5 Å². The first kappa shape index (κ1) is 23.3. The van der Waals surface area contributed by atoms with Crippen LogP contribution in [0, 0.1) is 6.92 Å². The predicted molar refractivity (Wildman–Crippen MR) is 140 cm³/mol. The summed E-state index contributed by atoms with van der Waals surface area (Å²) in [6, 6.07) is 19.9. The standard InChI is InChI=1S/C29H29ClN2O3/c1-19-5-11-24-23(15-19)28(2,3)29(31-27(33)17-32(24)29)14-13-20-8-12-25(26(16-20)34-4)35-18-21-6-9-22(30)10-7-21/h5-16H,17-18H2,1-4H3,(H,31,33)/b14-13+/t29-/m1/s1. The summed E-state index contributed by atoms with van der Waals surface area (Å²) in [6.45, 7) is 7.23. The molecule has 1 amide bonds.